The fraction of sp³-hybridized carbons (Fsp3) is 0.0323. The first-order valence-electron chi connectivity index (χ1n) is 22.4. The van der Waals surface area contributed by atoms with E-state index < -0.39 is 10.8 Å². The quantitative estimate of drug-likeness (QED) is 0.172. The Labute approximate surface area is 372 Å². The summed E-state index contributed by atoms with van der Waals surface area (Å²) in [5, 5.41) is 2.55. The number of hydrogen-bond acceptors (Lipinski definition) is 1. The number of rotatable bonds is 4. The number of fused-ring (bicyclic) bond motifs is 20. The Bertz CT molecular complexity index is 3540. The maximum atomic E-state index is 2.47. The Kier molecular flexibility index (Phi) is 7.28. The standard InChI is InChI=1S/C62H40N2/c1-3-19-41(20-4-1)63(42-21-5-2-6-22-42)43-35-37-44(38-36-43)64-57-34-18-10-26-48(57)60-58(64)40-39-56-59(60)47-25-9-13-29-51(47)62(56)54-32-16-14-30-52(54)61(53-31-15-17-33-55(53)62)49-27-11-7-23-45(49)46-24-8-12-28-50(46)61/h1-40H. The zero-order valence-corrected chi connectivity index (χ0v) is 35.0. The van der Waals surface area contributed by atoms with E-state index in [-0.39, 0.29) is 0 Å². The molecule has 2 spiro atoms. The summed E-state index contributed by atoms with van der Waals surface area (Å²) in [5.74, 6) is 0. The van der Waals surface area contributed by atoms with Crippen LogP contribution in [0.2, 0.25) is 0 Å². The largest absolute Gasteiger partial charge is 0.311 e. The second-order valence-corrected chi connectivity index (χ2v) is 17.5. The highest BCUT2D eigenvalue weighted by atomic mass is 15.1. The van der Waals surface area contributed by atoms with Gasteiger partial charge in [0.2, 0.25) is 0 Å². The first-order valence-corrected chi connectivity index (χ1v) is 22.4. The number of hydrogen-bond donors (Lipinski definition) is 0. The van der Waals surface area contributed by atoms with Gasteiger partial charge in [0.15, 0.2) is 0 Å². The summed E-state index contributed by atoms with van der Waals surface area (Å²) in [6.07, 6.45) is 0. The molecule has 2 nitrogen and oxygen atoms in total. The van der Waals surface area contributed by atoms with Gasteiger partial charge in [-0.25, -0.2) is 0 Å². The van der Waals surface area contributed by atoms with Crippen molar-refractivity contribution in [2.75, 3.05) is 4.90 Å². The van der Waals surface area contributed by atoms with Crippen LogP contribution in [0.25, 0.3) is 49.7 Å². The molecule has 0 bridgehead atoms. The molecule has 0 N–H and O–H groups in total. The molecule has 0 fully saturated rings. The summed E-state index contributed by atoms with van der Waals surface area (Å²) in [6.45, 7) is 0. The lowest BCUT2D eigenvalue weighted by atomic mass is 9.52. The maximum Gasteiger partial charge on any atom is 0.0720 e. The molecule has 0 saturated heterocycles. The molecule has 298 valence electrons. The van der Waals surface area contributed by atoms with E-state index in [1.165, 1.54) is 88.6 Å². The Balaban J connectivity index is 1.03. The van der Waals surface area contributed by atoms with Gasteiger partial charge in [0, 0.05) is 33.5 Å². The highest BCUT2D eigenvalue weighted by Gasteiger charge is 2.59. The van der Waals surface area contributed by atoms with Gasteiger partial charge in [-0.1, -0.05) is 182 Å². The van der Waals surface area contributed by atoms with Crippen molar-refractivity contribution in [2.45, 2.75) is 10.8 Å². The Morgan fingerprint density at radius 1 is 0.281 bits per heavy atom. The number of benzene rings is 10. The molecule has 0 atom stereocenters. The van der Waals surface area contributed by atoms with E-state index in [9.17, 15) is 0 Å². The summed E-state index contributed by atoms with van der Waals surface area (Å²) >= 11 is 0. The summed E-state index contributed by atoms with van der Waals surface area (Å²) < 4.78 is 2.47. The normalized spacial score (nSPS) is 14.2. The fourth-order valence-corrected chi connectivity index (χ4v) is 12.4. The van der Waals surface area contributed by atoms with Gasteiger partial charge in [0.1, 0.15) is 0 Å². The van der Waals surface area contributed by atoms with Crippen molar-refractivity contribution in [1.82, 2.24) is 4.57 Å². The number of para-hydroxylation sites is 3. The fourth-order valence-electron chi connectivity index (χ4n) is 12.4. The monoisotopic (exact) mass is 812 g/mol. The zero-order chi connectivity index (χ0) is 42.0. The maximum absolute atomic E-state index is 2.47. The van der Waals surface area contributed by atoms with Gasteiger partial charge in [-0.15, -0.1) is 0 Å². The number of aromatic nitrogens is 1. The van der Waals surface area contributed by atoms with Crippen LogP contribution >= 0.6 is 0 Å². The van der Waals surface area contributed by atoms with Gasteiger partial charge < -0.3 is 9.47 Å². The molecule has 3 aliphatic carbocycles. The topological polar surface area (TPSA) is 8.17 Å². The summed E-state index contributed by atoms with van der Waals surface area (Å²) in [6, 6.07) is 90.5. The molecule has 0 aliphatic heterocycles. The molecule has 0 amide bonds. The van der Waals surface area contributed by atoms with Crippen molar-refractivity contribution in [1.29, 1.82) is 0 Å². The van der Waals surface area contributed by atoms with Crippen molar-refractivity contribution in [3.8, 4) is 27.9 Å². The van der Waals surface area contributed by atoms with Crippen molar-refractivity contribution in [3.63, 3.8) is 0 Å². The van der Waals surface area contributed by atoms with Gasteiger partial charge in [-0.3, -0.25) is 0 Å². The van der Waals surface area contributed by atoms with E-state index in [4.69, 9.17) is 0 Å². The molecule has 3 aliphatic rings. The lowest BCUT2D eigenvalue weighted by Crippen LogP contribution is -2.43. The SMILES string of the molecule is c1ccc(N(c2ccccc2)c2ccc(-n3c4ccccc4c4c5c(ccc43)C3(c4ccccc4-5)c4ccccc4C4(c5ccccc5-c5ccccc54)c4ccccc43)cc2)cc1. The van der Waals surface area contributed by atoms with E-state index >= 15 is 0 Å². The van der Waals surface area contributed by atoms with Crippen LogP contribution in [0.1, 0.15) is 44.5 Å². The summed E-state index contributed by atoms with van der Waals surface area (Å²) in [7, 11) is 0. The second-order valence-electron chi connectivity index (χ2n) is 17.5. The van der Waals surface area contributed by atoms with E-state index in [2.05, 4.69) is 252 Å². The zero-order valence-electron chi connectivity index (χ0n) is 35.0. The Morgan fingerprint density at radius 3 is 1.23 bits per heavy atom. The van der Waals surface area contributed by atoms with Crippen molar-refractivity contribution < 1.29 is 0 Å². The van der Waals surface area contributed by atoms with Crippen molar-refractivity contribution >= 4 is 38.9 Å². The van der Waals surface area contributed by atoms with Crippen molar-refractivity contribution in [3.05, 3.63) is 287 Å². The predicted octanol–water partition coefficient (Wildman–Crippen LogP) is 15.3. The predicted molar refractivity (Wildman–Crippen MR) is 264 cm³/mol. The molecule has 10 aromatic carbocycles. The molecule has 0 unspecified atom stereocenters. The van der Waals surface area contributed by atoms with E-state index in [1.54, 1.807) is 0 Å². The van der Waals surface area contributed by atoms with Crippen LogP contribution in [0.15, 0.2) is 243 Å². The summed E-state index contributed by atoms with van der Waals surface area (Å²) in [4.78, 5) is 2.33. The average molecular weight is 813 g/mol. The second kappa shape index (κ2) is 13.2. The van der Waals surface area contributed by atoms with Crippen molar-refractivity contribution in [2.24, 2.45) is 0 Å². The molecule has 14 rings (SSSR count). The van der Waals surface area contributed by atoms with Crippen LogP contribution < -0.4 is 4.90 Å². The van der Waals surface area contributed by atoms with E-state index in [0.717, 1.165) is 22.7 Å². The summed E-state index contributed by atoms with van der Waals surface area (Å²) in [5.41, 5.74) is 22.0. The van der Waals surface area contributed by atoms with Gasteiger partial charge in [-0.05, 0) is 127 Å². The smallest absolute Gasteiger partial charge is 0.0720 e. The lowest BCUT2D eigenvalue weighted by molar-refractivity contribution is 0.633. The van der Waals surface area contributed by atoms with Gasteiger partial charge in [-0.2, -0.15) is 0 Å². The van der Waals surface area contributed by atoms with Crippen LogP contribution in [-0.4, -0.2) is 4.57 Å². The minimum absolute atomic E-state index is 0.466. The molecule has 0 radical (unpaired) electrons. The Hall–Kier alpha value is -8.20. The van der Waals surface area contributed by atoms with Crippen LogP contribution in [-0.2, 0) is 10.8 Å². The molecule has 2 heteroatoms. The average Bonchev–Trinajstić information content (AvgIpc) is 3.97. The Morgan fingerprint density at radius 2 is 0.688 bits per heavy atom. The van der Waals surface area contributed by atoms with Gasteiger partial charge in [0.25, 0.3) is 0 Å². The first-order chi connectivity index (χ1) is 31.8. The third-order valence-electron chi connectivity index (χ3n) is 14.7. The van der Waals surface area contributed by atoms with E-state index in [1.807, 2.05) is 0 Å². The molecule has 64 heavy (non-hydrogen) atoms. The third-order valence-corrected chi connectivity index (χ3v) is 14.7. The molecule has 1 heterocycles. The molecular formula is C62H40N2. The molecule has 0 saturated carbocycles. The third kappa shape index (κ3) is 4.39. The number of anilines is 3. The highest BCUT2D eigenvalue weighted by Crippen LogP contribution is 2.68. The number of nitrogens with zero attached hydrogens (tertiary/aromatic N) is 2. The van der Waals surface area contributed by atoms with Gasteiger partial charge >= 0.3 is 0 Å². The van der Waals surface area contributed by atoms with Crippen LogP contribution in [0.4, 0.5) is 17.1 Å². The first kappa shape index (κ1) is 35.4. The molecule has 11 aromatic rings. The minimum Gasteiger partial charge on any atom is -0.311 e. The van der Waals surface area contributed by atoms with Crippen LogP contribution in [0.3, 0.4) is 0 Å². The highest BCUT2D eigenvalue weighted by molar-refractivity contribution is 6.18. The lowest BCUT2D eigenvalue weighted by Gasteiger charge is -2.48. The minimum atomic E-state index is -0.547. The molecule has 1 aromatic heterocycles. The van der Waals surface area contributed by atoms with Crippen LogP contribution in [0.5, 0.6) is 0 Å². The van der Waals surface area contributed by atoms with Gasteiger partial charge in [0.05, 0.1) is 21.9 Å². The molecular weight excluding hydrogens is 773 g/mol. The van der Waals surface area contributed by atoms with Crippen LogP contribution in [0, 0.1) is 0 Å². The van der Waals surface area contributed by atoms with E-state index in [0.29, 0.717) is 0 Å².